The standard InChI is InChI=1S/C10H10N4S/c1-15-10-12-9(11)8(13-14-10)7-5-3-2-4-6-7/h2-6H,1H3,(H2,11,12,14). The van der Waals surface area contributed by atoms with Crippen LogP contribution in [0.5, 0.6) is 0 Å². The lowest BCUT2D eigenvalue weighted by Gasteiger charge is -2.03. The van der Waals surface area contributed by atoms with Gasteiger partial charge in [-0.05, 0) is 6.26 Å². The van der Waals surface area contributed by atoms with Crippen LogP contribution in [-0.4, -0.2) is 21.4 Å². The molecule has 0 saturated carbocycles. The quantitative estimate of drug-likeness (QED) is 0.779. The van der Waals surface area contributed by atoms with Crippen LogP contribution in [0.1, 0.15) is 0 Å². The third-order valence-electron chi connectivity index (χ3n) is 1.92. The number of thioether (sulfide) groups is 1. The van der Waals surface area contributed by atoms with Gasteiger partial charge < -0.3 is 5.73 Å². The zero-order chi connectivity index (χ0) is 10.7. The predicted octanol–water partition coefficient (Wildman–Crippen LogP) is 1.84. The molecule has 2 rings (SSSR count). The van der Waals surface area contributed by atoms with Crippen molar-refractivity contribution in [3.8, 4) is 11.3 Å². The van der Waals surface area contributed by atoms with E-state index in [9.17, 15) is 0 Å². The van der Waals surface area contributed by atoms with Gasteiger partial charge >= 0.3 is 0 Å². The highest BCUT2D eigenvalue weighted by molar-refractivity contribution is 7.98. The summed E-state index contributed by atoms with van der Waals surface area (Å²) in [5.74, 6) is 0.417. The molecule has 0 atom stereocenters. The lowest BCUT2D eigenvalue weighted by atomic mass is 10.1. The number of nitrogen functional groups attached to an aromatic ring is 1. The SMILES string of the molecule is CSc1nnc(-c2ccccc2)c(N)n1. The van der Waals surface area contributed by atoms with Gasteiger partial charge in [0.25, 0.3) is 0 Å². The van der Waals surface area contributed by atoms with E-state index in [0.29, 0.717) is 16.7 Å². The first-order valence-electron chi connectivity index (χ1n) is 4.41. The molecule has 1 heterocycles. The Labute approximate surface area is 91.9 Å². The van der Waals surface area contributed by atoms with E-state index in [1.165, 1.54) is 11.8 Å². The average molecular weight is 218 g/mol. The molecule has 4 nitrogen and oxygen atoms in total. The summed E-state index contributed by atoms with van der Waals surface area (Å²) in [6.07, 6.45) is 1.89. The molecule has 0 radical (unpaired) electrons. The second-order valence-corrected chi connectivity index (χ2v) is 3.67. The first-order valence-corrected chi connectivity index (χ1v) is 5.63. The lowest BCUT2D eigenvalue weighted by molar-refractivity contribution is 0.854. The van der Waals surface area contributed by atoms with E-state index < -0.39 is 0 Å². The van der Waals surface area contributed by atoms with Gasteiger partial charge in [0.05, 0.1) is 0 Å². The third-order valence-corrected chi connectivity index (χ3v) is 2.46. The highest BCUT2D eigenvalue weighted by Gasteiger charge is 2.07. The van der Waals surface area contributed by atoms with Gasteiger partial charge in [0.2, 0.25) is 5.16 Å². The van der Waals surface area contributed by atoms with Gasteiger partial charge in [-0.3, -0.25) is 0 Å². The average Bonchev–Trinajstić information content (AvgIpc) is 2.30. The molecule has 0 aliphatic carbocycles. The smallest absolute Gasteiger partial charge is 0.210 e. The molecule has 5 heteroatoms. The molecule has 0 fully saturated rings. The van der Waals surface area contributed by atoms with Crippen LogP contribution >= 0.6 is 11.8 Å². The number of rotatable bonds is 2. The zero-order valence-corrected chi connectivity index (χ0v) is 9.03. The van der Waals surface area contributed by atoms with E-state index in [1.54, 1.807) is 0 Å². The van der Waals surface area contributed by atoms with Gasteiger partial charge in [-0.1, -0.05) is 42.1 Å². The van der Waals surface area contributed by atoms with Crippen LogP contribution in [0.25, 0.3) is 11.3 Å². The molecule has 1 aromatic heterocycles. The molecule has 2 N–H and O–H groups in total. The second-order valence-electron chi connectivity index (χ2n) is 2.90. The Morgan fingerprint density at radius 2 is 1.87 bits per heavy atom. The summed E-state index contributed by atoms with van der Waals surface area (Å²) in [5.41, 5.74) is 7.37. The minimum absolute atomic E-state index is 0.417. The number of hydrogen-bond donors (Lipinski definition) is 1. The van der Waals surface area contributed by atoms with Crippen molar-refractivity contribution >= 4 is 17.6 Å². The fourth-order valence-electron chi connectivity index (χ4n) is 1.21. The Balaban J connectivity index is 2.46. The Morgan fingerprint density at radius 3 is 2.47 bits per heavy atom. The fraction of sp³-hybridized carbons (Fsp3) is 0.100. The molecule has 0 aliphatic rings. The van der Waals surface area contributed by atoms with Crippen LogP contribution in [0.3, 0.4) is 0 Å². The minimum atomic E-state index is 0.417. The van der Waals surface area contributed by atoms with E-state index in [0.717, 1.165) is 5.56 Å². The molecular formula is C10H10N4S. The summed E-state index contributed by atoms with van der Waals surface area (Å²) in [4.78, 5) is 4.14. The molecule has 15 heavy (non-hydrogen) atoms. The summed E-state index contributed by atoms with van der Waals surface area (Å²) < 4.78 is 0. The number of benzene rings is 1. The van der Waals surface area contributed by atoms with Gasteiger partial charge in [-0.25, -0.2) is 4.98 Å². The summed E-state index contributed by atoms with van der Waals surface area (Å²) in [5, 5.41) is 8.61. The maximum Gasteiger partial charge on any atom is 0.210 e. The largest absolute Gasteiger partial charge is 0.382 e. The highest BCUT2D eigenvalue weighted by atomic mass is 32.2. The summed E-state index contributed by atoms with van der Waals surface area (Å²) in [6.45, 7) is 0. The van der Waals surface area contributed by atoms with Gasteiger partial charge in [0.1, 0.15) is 5.69 Å². The van der Waals surface area contributed by atoms with E-state index in [1.807, 2.05) is 36.6 Å². The number of aromatic nitrogens is 3. The van der Waals surface area contributed by atoms with E-state index in [4.69, 9.17) is 5.73 Å². The summed E-state index contributed by atoms with van der Waals surface area (Å²) in [6, 6.07) is 9.66. The minimum Gasteiger partial charge on any atom is -0.382 e. The van der Waals surface area contributed by atoms with Crippen LogP contribution < -0.4 is 5.73 Å². The maximum absolute atomic E-state index is 5.80. The Kier molecular flexibility index (Phi) is 2.82. The van der Waals surface area contributed by atoms with Crippen molar-refractivity contribution in [3.05, 3.63) is 30.3 Å². The van der Waals surface area contributed by atoms with Gasteiger partial charge in [0, 0.05) is 5.56 Å². The van der Waals surface area contributed by atoms with Gasteiger partial charge in [-0.2, -0.15) is 0 Å². The first-order chi connectivity index (χ1) is 7.31. The van der Waals surface area contributed by atoms with Crippen LogP contribution in [0.2, 0.25) is 0 Å². The van der Waals surface area contributed by atoms with Crippen LogP contribution in [0.4, 0.5) is 5.82 Å². The maximum atomic E-state index is 5.80. The molecule has 0 spiro atoms. The Hall–Kier alpha value is -1.62. The Morgan fingerprint density at radius 1 is 1.13 bits per heavy atom. The molecule has 0 bridgehead atoms. The monoisotopic (exact) mass is 218 g/mol. The van der Waals surface area contributed by atoms with E-state index in [-0.39, 0.29) is 0 Å². The van der Waals surface area contributed by atoms with Gasteiger partial charge in [0.15, 0.2) is 5.82 Å². The molecule has 0 unspecified atom stereocenters. The number of anilines is 1. The van der Waals surface area contributed by atoms with Crippen LogP contribution in [-0.2, 0) is 0 Å². The normalized spacial score (nSPS) is 10.2. The molecule has 0 amide bonds. The van der Waals surface area contributed by atoms with Crippen molar-refractivity contribution in [1.29, 1.82) is 0 Å². The molecule has 0 aliphatic heterocycles. The molecule has 1 aromatic carbocycles. The van der Waals surface area contributed by atoms with Gasteiger partial charge in [-0.15, -0.1) is 10.2 Å². The number of hydrogen-bond acceptors (Lipinski definition) is 5. The molecular weight excluding hydrogens is 208 g/mol. The van der Waals surface area contributed by atoms with Crippen molar-refractivity contribution in [2.45, 2.75) is 5.16 Å². The summed E-state index contributed by atoms with van der Waals surface area (Å²) >= 11 is 1.42. The van der Waals surface area contributed by atoms with E-state index in [2.05, 4.69) is 15.2 Å². The highest BCUT2D eigenvalue weighted by Crippen LogP contribution is 2.21. The van der Waals surface area contributed by atoms with Crippen molar-refractivity contribution < 1.29 is 0 Å². The van der Waals surface area contributed by atoms with Crippen molar-refractivity contribution in [2.75, 3.05) is 12.0 Å². The third kappa shape index (κ3) is 2.07. The molecule has 2 aromatic rings. The van der Waals surface area contributed by atoms with Crippen molar-refractivity contribution in [3.63, 3.8) is 0 Å². The van der Waals surface area contributed by atoms with Crippen LogP contribution in [0.15, 0.2) is 35.5 Å². The molecule has 0 saturated heterocycles. The predicted molar refractivity (Wildman–Crippen MR) is 61.5 cm³/mol. The zero-order valence-electron chi connectivity index (χ0n) is 8.21. The number of nitrogens with zero attached hydrogens (tertiary/aromatic N) is 3. The fourth-order valence-corrected chi connectivity index (χ4v) is 1.52. The number of nitrogens with two attached hydrogens (primary N) is 1. The Bertz CT molecular complexity index is 458. The lowest BCUT2D eigenvalue weighted by Crippen LogP contribution is -2.01. The van der Waals surface area contributed by atoms with E-state index >= 15 is 0 Å². The topological polar surface area (TPSA) is 64.7 Å². The van der Waals surface area contributed by atoms with Crippen molar-refractivity contribution in [1.82, 2.24) is 15.2 Å². The first kappa shape index (κ1) is 9.92. The van der Waals surface area contributed by atoms with Crippen LogP contribution in [0, 0.1) is 0 Å². The molecule has 76 valence electrons. The van der Waals surface area contributed by atoms with Crippen molar-refractivity contribution in [2.24, 2.45) is 0 Å². The second kappa shape index (κ2) is 4.27. The summed E-state index contributed by atoms with van der Waals surface area (Å²) in [7, 11) is 0.